The van der Waals surface area contributed by atoms with Crippen LogP contribution < -0.4 is 10.6 Å². The van der Waals surface area contributed by atoms with Gasteiger partial charge in [-0.15, -0.1) is 0 Å². The first kappa shape index (κ1) is 9.93. The van der Waals surface area contributed by atoms with Crippen molar-refractivity contribution in [2.75, 3.05) is 19.7 Å². The SMILES string of the molecule is CC1OCCC1C(=O)NC1CCNC1. The van der Waals surface area contributed by atoms with Crippen LogP contribution in [0.3, 0.4) is 0 Å². The van der Waals surface area contributed by atoms with Crippen LogP contribution in [-0.2, 0) is 9.53 Å². The number of amides is 1. The Balaban J connectivity index is 1.82. The van der Waals surface area contributed by atoms with Crippen molar-refractivity contribution in [3.8, 4) is 0 Å². The van der Waals surface area contributed by atoms with Gasteiger partial charge in [-0.25, -0.2) is 0 Å². The molecule has 0 radical (unpaired) electrons. The summed E-state index contributed by atoms with van der Waals surface area (Å²) in [6, 6.07) is 0.329. The summed E-state index contributed by atoms with van der Waals surface area (Å²) < 4.78 is 5.37. The monoisotopic (exact) mass is 198 g/mol. The third kappa shape index (κ3) is 2.07. The number of hydrogen-bond acceptors (Lipinski definition) is 3. The van der Waals surface area contributed by atoms with Gasteiger partial charge in [-0.3, -0.25) is 4.79 Å². The van der Waals surface area contributed by atoms with Crippen LogP contribution in [0.1, 0.15) is 19.8 Å². The van der Waals surface area contributed by atoms with Gasteiger partial charge in [0.15, 0.2) is 0 Å². The van der Waals surface area contributed by atoms with Gasteiger partial charge < -0.3 is 15.4 Å². The van der Waals surface area contributed by atoms with E-state index in [2.05, 4.69) is 10.6 Å². The minimum absolute atomic E-state index is 0.0654. The van der Waals surface area contributed by atoms with Crippen molar-refractivity contribution in [2.45, 2.75) is 31.9 Å². The molecule has 4 heteroatoms. The topological polar surface area (TPSA) is 50.4 Å². The zero-order valence-electron chi connectivity index (χ0n) is 8.58. The Morgan fingerprint density at radius 3 is 2.93 bits per heavy atom. The summed E-state index contributed by atoms with van der Waals surface area (Å²) in [5.74, 6) is 0.235. The van der Waals surface area contributed by atoms with Crippen LogP contribution in [0.2, 0.25) is 0 Å². The molecule has 0 spiro atoms. The fraction of sp³-hybridized carbons (Fsp3) is 0.900. The Labute approximate surface area is 84.4 Å². The van der Waals surface area contributed by atoms with Gasteiger partial charge in [0, 0.05) is 19.2 Å². The molecule has 2 rings (SSSR count). The van der Waals surface area contributed by atoms with Crippen LogP contribution in [0, 0.1) is 5.92 Å². The largest absolute Gasteiger partial charge is 0.378 e. The van der Waals surface area contributed by atoms with Gasteiger partial charge in [-0.05, 0) is 26.3 Å². The van der Waals surface area contributed by atoms with E-state index >= 15 is 0 Å². The predicted octanol–water partition coefficient (Wildman–Crippen LogP) is -0.110. The molecule has 2 saturated heterocycles. The number of nitrogens with one attached hydrogen (secondary N) is 2. The minimum Gasteiger partial charge on any atom is -0.378 e. The Morgan fingerprint density at radius 1 is 1.50 bits per heavy atom. The van der Waals surface area contributed by atoms with Crippen LogP contribution in [-0.4, -0.2) is 37.7 Å². The highest BCUT2D eigenvalue weighted by molar-refractivity contribution is 5.79. The highest BCUT2D eigenvalue weighted by Gasteiger charge is 2.32. The van der Waals surface area contributed by atoms with E-state index in [1.165, 1.54) is 0 Å². The fourth-order valence-electron chi connectivity index (χ4n) is 2.16. The van der Waals surface area contributed by atoms with E-state index < -0.39 is 0 Å². The molecule has 2 fully saturated rings. The van der Waals surface area contributed by atoms with Crippen molar-refractivity contribution < 1.29 is 9.53 Å². The summed E-state index contributed by atoms with van der Waals surface area (Å²) in [4.78, 5) is 11.8. The maximum Gasteiger partial charge on any atom is 0.226 e. The molecule has 4 nitrogen and oxygen atoms in total. The Kier molecular flexibility index (Phi) is 3.03. The Morgan fingerprint density at radius 2 is 2.36 bits per heavy atom. The fourth-order valence-corrected chi connectivity index (χ4v) is 2.16. The summed E-state index contributed by atoms with van der Waals surface area (Å²) in [7, 11) is 0. The van der Waals surface area contributed by atoms with Crippen LogP contribution in [0.15, 0.2) is 0 Å². The molecular weight excluding hydrogens is 180 g/mol. The predicted molar refractivity (Wildman–Crippen MR) is 52.9 cm³/mol. The van der Waals surface area contributed by atoms with Crippen LogP contribution in [0.4, 0.5) is 0 Å². The highest BCUT2D eigenvalue weighted by Crippen LogP contribution is 2.20. The lowest BCUT2D eigenvalue weighted by Gasteiger charge is -2.17. The van der Waals surface area contributed by atoms with Crippen molar-refractivity contribution in [1.82, 2.24) is 10.6 Å². The molecule has 2 aliphatic heterocycles. The van der Waals surface area contributed by atoms with Gasteiger partial charge in [0.2, 0.25) is 5.91 Å². The molecule has 2 N–H and O–H groups in total. The number of rotatable bonds is 2. The lowest BCUT2D eigenvalue weighted by atomic mass is 10.0. The van der Waals surface area contributed by atoms with Gasteiger partial charge >= 0.3 is 0 Å². The standard InChI is InChI=1S/C10H18N2O2/c1-7-9(3-5-14-7)10(13)12-8-2-4-11-6-8/h7-9,11H,2-6H2,1H3,(H,12,13). The van der Waals surface area contributed by atoms with Crippen molar-refractivity contribution in [1.29, 1.82) is 0 Å². The number of ether oxygens (including phenoxy) is 1. The smallest absolute Gasteiger partial charge is 0.226 e. The normalized spacial score (nSPS) is 37.4. The molecule has 0 bridgehead atoms. The molecule has 14 heavy (non-hydrogen) atoms. The van der Waals surface area contributed by atoms with E-state index in [1.807, 2.05) is 6.92 Å². The van der Waals surface area contributed by atoms with Gasteiger partial charge in [0.25, 0.3) is 0 Å². The summed E-state index contributed by atoms with van der Waals surface area (Å²) in [6.45, 7) is 4.63. The van der Waals surface area contributed by atoms with Crippen LogP contribution >= 0.6 is 0 Å². The zero-order chi connectivity index (χ0) is 9.97. The van der Waals surface area contributed by atoms with E-state index in [0.717, 1.165) is 32.5 Å². The van der Waals surface area contributed by atoms with Gasteiger partial charge in [-0.2, -0.15) is 0 Å². The molecule has 3 atom stereocenters. The van der Waals surface area contributed by atoms with E-state index in [0.29, 0.717) is 6.04 Å². The van der Waals surface area contributed by atoms with Gasteiger partial charge in [-0.1, -0.05) is 0 Å². The van der Waals surface area contributed by atoms with E-state index in [1.54, 1.807) is 0 Å². The third-order valence-corrected chi connectivity index (χ3v) is 3.12. The maximum atomic E-state index is 11.8. The maximum absolute atomic E-state index is 11.8. The van der Waals surface area contributed by atoms with E-state index in [4.69, 9.17) is 4.74 Å². The molecule has 3 unspecified atom stereocenters. The third-order valence-electron chi connectivity index (χ3n) is 3.12. The summed E-state index contributed by atoms with van der Waals surface area (Å²) >= 11 is 0. The molecule has 0 aliphatic carbocycles. The highest BCUT2D eigenvalue weighted by atomic mass is 16.5. The lowest BCUT2D eigenvalue weighted by molar-refractivity contribution is -0.126. The molecule has 1 amide bonds. The number of carbonyl (C=O) groups is 1. The first-order chi connectivity index (χ1) is 6.77. The van der Waals surface area contributed by atoms with E-state index in [-0.39, 0.29) is 17.9 Å². The molecule has 2 heterocycles. The van der Waals surface area contributed by atoms with Crippen LogP contribution in [0.25, 0.3) is 0 Å². The molecule has 0 aromatic rings. The second kappa shape index (κ2) is 4.28. The van der Waals surface area contributed by atoms with Crippen molar-refractivity contribution in [3.05, 3.63) is 0 Å². The minimum atomic E-state index is 0.0654. The molecule has 80 valence electrons. The summed E-state index contributed by atoms with van der Waals surface area (Å²) in [5.41, 5.74) is 0. The van der Waals surface area contributed by atoms with Crippen molar-refractivity contribution in [3.63, 3.8) is 0 Å². The Bertz CT molecular complexity index is 214. The zero-order valence-corrected chi connectivity index (χ0v) is 8.58. The van der Waals surface area contributed by atoms with Crippen molar-refractivity contribution >= 4 is 5.91 Å². The summed E-state index contributed by atoms with van der Waals surface area (Å²) in [6.07, 6.45) is 2.00. The Hall–Kier alpha value is -0.610. The average molecular weight is 198 g/mol. The van der Waals surface area contributed by atoms with Crippen LogP contribution in [0.5, 0.6) is 0 Å². The molecule has 0 aromatic heterocycles. The van der Waals surface area contributed by atoms with E-state index in [9.17, 15) is 4.79 Å². The molecule has 0 aromatic carbocycles. The number of carbonyl (C=O) groups excluding carboxylic acids is 1. The van der Waals surface area contributed by atoms with Gasteiger partial charge in [0.1, 0.15) is 0 Å². The molecule has 0 saturated carbocycles. The summed E-state index contributed by atoms with van der Waals surface area (Å²) in [5, 5.41) is 6.30. The second-order valence-corrected chi connectivity index (χ2v) is 4.17. The first-order valence-electron chi connectivity index (χ1n) is 5.40. The van der Waals surface area contributed by atoms with Gasteiger partial charge in [0.05, 0.1) is 12.0 Å². The second-order valence-electron chi connectivity index (χ2n) is 4.17. The molecule has 2 aliphatic rings. The van der Waals surface area contributed by atoms with Crippen molar-refractivity contribution in [2.24, 2.45) is 5.92 Å². The lowest BCUT2D eigenvalue weighted by Crippen LogP contribution is -2.41. The average Bonchev–Trinajstić information content (AvgIpc) is 2.75. The number of hydrogen-bond donors (Lipinski definition) is 2. The first-order valence-corrected chi connectivity index (χ1v) is 5.40. The molecular formula is C10H18N2O2. The quantitative estimate of drug-likeness (QED) is 0.651.